The van der Waals surface area contributed by atoms with Gasteiger partial charge in [-0.3, -0.25) is 4.79 Å². The van der Waals surface area contributed by atoms with Crippen LogP contribution in [0, 0.1) is 0 Å². The molecule has 0 aromatic heterocycles. The van der Waals surface area contributed by atoms with Gasteiger partial charge in [0, 0.05) is 25.8 Å². The van der Waals surface area contributed by atoms with Gasteiger partial charge in [-0.25, -0.2) is 0 Å². The summed E-state index contributed by atoms with van der Waals surface area (Å²) in [5, 5.41) is 13.9. The standard InChI is InChI=1S/C23H36N2O4/c1-4-17-12-19-18(21(13-17)29-3)8-11-25(20(19)15-28-2)22(26)14-24-16-23(27)9-6-5-7-10-23/h12-13,20,24,27H,4-11,14-16H2,1-3H3. The Morgan fingerprint density at radius 3 is 2.69 bits per heavy atom. The van der Waals surface area contributed by atoms with Crippen molar-refractivity contribution < 1.29 is 19.4 Å². The Kier molecular flexibility index (Phi) is 7.55. The number of nitrogens with one attached hydrogen (secondary N) is 1. The third kappa shape index (κ3) is 5.11. The second-order valence-electron chi connectivity index (χ2n) is 8.42. The van der Waals surface area contributed by atoms with E-state index in [0.29, 0.717) is 19.7 Å². The van der Waals surface area contributed by atoms with Crippen LogP contribution in [-0.2, 0) is 22.4 Å². The van der Waals surface area contributed by atoms with Crippen molar-refractivity contribution in [3.63, 3.8) is 0 Å². The number of methoxy groups -OCH3 is 2. The molecule has 0 saturated heterocycles. The van der Waals surface area contributed by atoms with Gasteiger partial charge in [0.25, 0.3) is 0 Å². The molecule has 1 aromatic rings. The van der Waals surface area contributed by atoms with Gasteiger partial charge in [-0.15, -0.1) is 0 Å². The van der Waals surface area contributed by atoms with E-state index in [9.17, 15) is 9.90 Å². The molecule has 1 aromatic carbocycles. The Labute approximate surface area is 174 Å². The summed E-state index contributed by atoms with van der Waals surface area (Å²) in [6.45, 7) is 3.94. The van der Waals surface area contributed by atoms with Crippen LogP contribution in [-0.4, -0.2) is 62.0 Å². The average Bonchev–Trinajstić information content (AvgIpc) is 2.73. The highest BCUT2D eigenvalue weighted by atomic mass is 16.5. The Hall–Kier alpha value is -1.63. The van der Waals surface area contributed by atoms with Crippen LogP contribution in [0.15, 0.2) is 12.1 Å². The first kappa shape index (κ1) is 22.1. The van der Waals surface area contributed by atoms with Crippen LogP contribution in [0.2, 0.25) is 0 Å². The van der Waals surface area contributed by atoms with Gasteiger partial charge in [0.1, 0.15) is 5.75 Å². The Bertz CT molecular complexity index is 700. The molecule has 0 bridgehead atoms. The van der Waals surface area contributed by atoms with Gasteiger partial charge < -0.3 is 24.8 Å². The number of nitrogens with zero attached hydrogens (tertiary/aromatic N) is 1. The molecule has 0 radical (unpaired) electrons. The average molecular weight is 405 g/mol. The quantitative estimate of drug-likeness (QED) is 0.697. The van der Waals surface area contributed by atoms with Crippen molar-refractivity contribution in [2.75, 3.05) is 40.5 Å². The lowest BCUT2D eigenvalue weighted by molar-refractivity contribution is -0.134. The fourth-order valence-corrected chi connectivity index (χ4v) is 4.76. The highest BCUT2D eigenvalue weighted by molar-refractivity contribution is 5.79. The fourth-order valence-electron chi connectivity index (χ4n) is 4.76. The number of rotatable bonds is 8. The van der Waals surface area contributed by atoms with Crippen molar-refractivity contribution >= 4 is 5.91 Å². The van der Waals surface area contributed by atoms with Crippen LogP contribution in [0.1, 0.15) is 61.8 Å². The minimum absolute atomic E-state index is 0.0537. The predicted octanol–water partition coefficient (Wildman–Crippen LogP) is 2.61. The number of fused-ring (bicyclic) bond motifs is 1. The second kappa shape index (κ2) is 9.92. The summed E-state index contributed by atoms with van der Waals surface area (Å²) in [6.07, 6.45) is 6.64. The zero-order valence-electron chi connectivity index (χ0n) is 18.1. The molecule has 1 aliphatic carbocycles. The summed E-state index contributed by atoms with van der Waals surface area (Å²) in [5.41, 5.74) is 2.85. The van der Waals surface area contributed by atoms with E-state index >= 15 is 0 Å². The molecule has 1 saturated carbocycles. The SMILES string of the molecule is CCc1cc(OC)c2c(c1)C(COC)N(C(=O)CNCC1(O)CCCCC1)CC2. The van der Waals surface area contributed by atoms with Gasteiger partial charge in [0.15, 0.2) is 0 Å². The number of aryl methyl sites for hydroxylation is 1. The van der Waals surface area contributed by atoms with Crippen LogP contribution < -0.4 is 10.1 Å². The lowest BCUT2D eigenvalue weighted by Crippen LogP contribution is -2.49. The number of hydrogen-bond donors (Lipinski definition) is 2. The van der Waals surface area contributed by atoms with Gasteiger partial charge >= 0.3 is 0 Å². The van der Waals surface area contributed by atoms with Crippen LogP contribution in [0.25, 0.3) is 0 Å². The first-order valence-electron chi connectivity index (χ1n) is 10.9. The molecule has 1 atom stereocenters. The molecular weight excluding hydrogens is 368 g/mol. The molecule has 1 amide bonds. The normalized spacial score (nSPS) is 21.0. The molecule has 29 heavy (non-hydrogen) atoms. The monoisotopic (exact) mass is 404 g/mol. The number of amides is 1. The van der Waals surface area contributed by atoms with Crippen LogP contribution in [0.5, 0.6) is 5.75 Å². The third-order valence-corrected chi connectivity index (χ3v) is 6.43. The molecule has 162 valence electrons. The number of ether oxygens (including phenoxy) is 2. The summed E-state index contributed by atoms with van der Waals surface area (Å²) in [7, 11) is 3.38. The maximum Gasteiger partial charge on any atom is 0.237 e. The van der Waals surface area contributed by atoms with Gasteiger partial charge in [0.05, 0.1) is 31.9 Å². The molecule has 3 rings (SSSR count). The van der Waals surface area contributed by atoms with Crippen molar-refractivity contribution in [2.24, 2.45) is 0 Å². The second-order valence-corrected chi connectivity index (χ2v) is 8.42. The van der Waals surface area contributed by atoms with E-state index in [1.807, 2.05) is 4.90 Å². The maximum atomic E-state index is 13.0. The van der Waals surface area contributed by atoms with Crippen molar-refractivity contribution in [3.8, 4) is 5.75 Å². The third-order valence-electron chi connectivity index (χ3n) is 6.43. The van der Waals surface area contributed by atoms with Gasteiger partial charge in [-0.05, 0) is 42.9 Å². The lowest BCUT2D eigenvalue weighted by atomic mass is 9.85. The Balaban J connectivity index is 1.71. The lowest BCUT2D eigenvalue weighted by Gasteiger charge is -2.38. The van der Waals surface area contributed by atoms with Crippen molar-refractivity contribution in [1.82, 2.24) is 10.2 Å². The molecule has 1 unspecified atom stereocenters. The van der Waals surface area contributed by atoms with E-state index < -0.39 is 5.60 Å². The van der Waals surface area contributed by atoms with Gasteiger partial charge in [-0.1, -0.05) is 32.3 Å². The maximum absolute atomic E-state index is 13.0. The Morgan fingerprint density at radius 2 is 2.03 bits per heavy atom. The molecule has 0 spiro atoms. The molecule has 2 aliphatic rings. The summed E-state index contributed by atoms with van der Waals surface area (Å²) in [6, 6.07) is 4.18. The predicted molar refractivity (Wildman–Crippen MR) is 113 cm³/mol. The molecule has 6 heteroatoms. The van der Waals surface area contributed by atoms with Crippen molar-refractivity contribution in [2.45, 2.75) is 63.5 Å². The summed E-state index contributed by atoms with van der Waals surface area (Å²) < 4.78 is 11.1. The number of carbonyl (C=O) groups excluding carboxylic acids is 1. The summed E-state index contributed by atoms with van der Waals surface area (Å²) >= 11 is 0. The van der Waals surface area contributed by atoms with E-state index in [1.165, 1.54) is 17.5 Å². The van der Waals surface area contributed by atoms with Crippen LogP contribution >= 0.6 is 0 Å². The number of carbonyl (C=O) groups is 1. The van der Waals surface area contributed by atoms with Gasteiger partial charge in [0.2, 0.25) is 5.91 Å². The summed E-state index contributed by atoms with van der Waals surface area (Å²) in [5.74, 6) is 0.961. The zero-order valence-corrected chi connectivity index (χ0v) is 18.1. The fraction of sp³-hybridized carbons (Fsp3) is 0.696. The molecule has 1 heterocycles. The number of hydrogen-bond acceptors (Lipinski definition) is 5. The van der Waals surface area contributed by atoms with E-state index in [0.717, 1.165) is 49.8 Å². The number of benzene rings is 1. The highest BCUT2D eigenvalue weighted by Crippen LogP contribution is 2.36. The zero-order chi connectivity index (χ0) is 20.9. The van der Waals surface area contributed by atoms with Crippen LogP contribution in [0.3, 0.4) is 0 Å². The molecule has 2 N–H and O–H groups in total. The minimum atomic E-state index is -0.664. The highest BCUT2D eigenvalue weighted by Gasteiger charge is 2.33. The first-order valence-corrected chi connectivity index (χ1v) is 10.9. The number of aliphatic hydroxyl groups is 1. The molecule has 1 aliphatic heterocycles. The topological polar surface area (TPSA) is 71.0 Å². The van der Waals surface area contributed by atoms with Crippen LogP contribution in [0.4, 0.5) is 0 Å². The van der Waals surface area contributed by atoms with Crippen molar-refractivity contribution in [3.05, 3.63) is 28.8 Å². The molecule has 1 fully saturated rings. The first-order chi connectivity index (χ1) is 14.0. The minimum Gasteiger partial charge on any atom is -0.496 e. The van der Waals surface area contributed by atoms with Crippen molar-refractivity contribution in [1.29, 1.82) is 0 Å². The van der Waals surface area contributed by atoms with E-state index in [2.05, 4.69) is 24.4 Å². The Morgan fingerprint density at radius 1 is 1.28 bits per heavy atom. The molecular formula is C23H36N2O4. The summed E-state index contributed by atoms with van der Waals surface area (Å²) in [4.78, 5) is 15.0. The largest absolute Gasteiger partial charge is 0.496 e. The van der Waals surface area contributed by atoms with E-state index in [1.54, 1.807) is 14.2 Å². The smallest absolute Gasteiger partial charge is 0.237 e. The van der Waals surface area contributed by atoms with E-state index in [4.69, 9.17) is 9.47 Å². The van der Waals surface area contributed by atoms with Gasteiger partial charge in [-0.2, -0.15) is 0 Å². The van der Waals surface area contributed by atoms with E-state index in [-0.39, 0.29) is 18.5 Å². The molecule has 6 nitrogen and oxygen atoms in total.